The molecule has 2 atom stereocenters. The molecule has 0 fully saturated rings. The zero-order valence-electron chi connectivity index (χ0n) is 10.8. The van der Waals surface area contributed by atoms with Gasteiger partial charge in [0.1, 0.15) is 0 Å². The van der Waals surface area contributed by atoms with Crippen LogP contribution in [0, 0.1) is 0 Å². The Kier molecular flexibility index (Phi) is 7.66. The van der Waals surface area contributed by atoms with Crippen molar-refractivity contribution in [3.05, 3.63) is 0 Å². The zero-order valence-corrected chi connectivity index (χ0v) is 11.7. The zero-order chi connectivity index (χ0) is 11.9. The van der Waals surface area contributed by atoms with Gasteiger partial charge in [0.05, 0.1) is 6.10 Å². The fourth-order valence-electron chi connectivity index (χ4n) is 1.13. The standard InChI is InChI=1S/C12H27NOS/c1-6-11(14)7-8-13-10(2)9-15-12(3,4)5/h10-11,13-14H,6-9H2,1-5H3. The summed E-state index contributed by atoms with van der Waals surface area (Å²) in [4.78, 5) is 0. The van der Waals surface area contributed by atoms with Crippen LogP contribution in [0.25, 0.3) is 0 Å². The number of aliphatic hydroxyl groups is 1. The molecule has 2 unspecified atom stereocenters. The van der Waals surface area contributed by atoms with Crippen molar-refractivity contribution < 1.29 is 5.11 Å². The highest BCUT2D eigenvalue weighted by molar-refractivity contribution is 8.00. The van der Waals surface area contributed by atoms with Crippen molar-refractivity contribution in [3.8, 4) is 0 Å². The summed E-state index contributed by atoms with van der Waals surface area (Å²) >= 11 is 1.98. The second-order valence-corrected chi connectivity index (χ2v) is 6.98. The maximum Gasteiger partial charge on any atom is 0.0549 e. The molecule has 15 heavy (non-hydrogen) atoms. The SMILES string of the molecule is CCC(O)CCNC(C)CSC(C)(C)C. The molecule has 0 aromatic rings. The lowest BCUT2D eigenvalue weighted by Gasteiger charge is -2.21. The Hall–Kier alpha value is 0.270. The van der Waals surface area contributed by atoms with E-state index in [-0.39, 0.29) is 6.10 Å². The molecule has 3 heteroatoms. The molecule has 2 nitrogen and oxygen atoms in total. The first-order valence-corrected chi connectivity index (χ1v) is 6.89. The Morgan fingerprint density at radius 2 is 1.93 bits per heavy atom. The number of hydrogen-bond acceptors (Lipinski definition) is 3. The largest absolute Gasteiger partial charge is 0.393 e. The fraction of sp³-hybridized carbons (Fsp3) is 1.00. The third-order valence-corrected chi connectivity index (χ3v) is 3.74. The highest BCUT2D eigenvalue weighted by atomic mass is 32.2. The normalized spacial score (nSPS) is 16.4. The number of aliphatic hydroxyl groups excluding tert-OH is 1. The minimum Gasteiger partial charge on any atom is -0.393 e. The summed E-state index contributed by atoms with van der Waals surface area (Å²) in [6.07, 6.45) is 1.58. The lowest BCUT2D eigenvalue weighted by atomic mass is 10.2. The number of nitrogens with one attached hydrogen (secondary N) is 1. The molecular weight excluding hydrogens is 206 g/mol. The van der Waals surface area contributed by atoms with E-state index in [0.29, 0.717) is 10.8 Å². The number of hydrogen-bond donors (Lipinski definition) is 2. The van der Waals surface area contributed by atoms with E-state index in [1.807, 2.05) is 18.7 Å². The van der Waals surface area contributed by atoms with Crippen molar-refractivity contribution in [1.29, 1.82) is 0 Å². The predicted octanol–water partition coefficient (Wildman–Crippen LogP) is 2.66. The molecule has 0 aromatic heterocycles. The molecule has 0 bridgehead atoms. The molecular formula is C12H27NOS. The maximum atomic E-state index is 9.38. The van der Waals surface area contributed by atoms with Gasteiger partial charge < -0.3 is 10.4 Å². The first kappa shape index (κ1) is 15.3. The fourth-order valence-corrected chi connectivity index (χ4v) is 2.00. The van der Waals surface area contributed by atoms with E-state index < -0.39 is 0 Å². The van der Waals surface area contributed by atoms with Gasteiger partial charge in [-0.1, -0.05) is 27.7 Å². The smallest absolute Gasteiger partial charge is 0.0549 e. The molecule has 0 aromatic carbocycles. The molecule has 0 aliphatic carbocycles. The highest BCUT2D eigenvalue weighted by Gasteiger charge is 2.12. The first-order valence-electron chi connectivity index (χ1n) is 5.90. The van der Waals surface area contributed by atoms with E-state index in [1.165, 1.54) is 0 Å². The maximum absolute atomic E-state index is 9.38. The predicted molar refractivity (Wildman–Crippen MR) is 70.6 cm³/mol. The molecule has 0 aliphatic heterocycles. The third-order valence-electron chi connectivity index (χ3n) is 2.21. The number of rotatable bonds is 7. The van der Waals surface area contributed by atoms with Crippen molar-refractivity contribution in [2.45, 2.75) is 64.4 Å². The second-order valence-electron chi connectivity index (χ2n) is 5.13. The van der Waals surface area contributed by atoms with Crippen molar-refractivity contribution in [2.24, 2.45) is 0 Å². The molecule has 0 rings (SSSR count). The molecule has 2 N–H and O–H groups in total. The minimum atomic E-state index is -0.139. The van der Waals surface area contributed by atoms with Gasteiger partial charge in [-0.15, -0.1) is 0 Å². The lowest BCUT2D eigenvalue weighted by Crippen LogP contribution is -2.32. The van der Waals surface area contributed by atoms with Gasteiger partial charge >= 0.3 is 0 Å². The van der Waals surface area contributed by atoms with Crippen molar-refractivity contribution in [3.63, 3.8) is 0 Å². The van der Waals surface area contributed by atoms with Gasteiger partial charge in [0.15, 0.2) is 0 Å². The van der Waals surface area contributed by atoms with E-state index >= 15 is 0 Å². The van der Waals surface area contributed by atoms with E-state index in [9.17, 15) is 5.11 Å². The average molecular weight is 233 g/mol. The van der Waals surface area contributed by atoms with Gasteiger partial charge in [0, 0.05) is 16.5 Å². The lowest BCUT2D eigenvalue weighted by molar-refractivity contribution is 0.159. The molecule has 0 radical (unpaired) electrons. The molecule has 0 saturated heterocycles. The first-order chi connectivity index (χ1) is 6.85. The van der Waals surface area contributed by atoms with Crippen LogP contribution in [-0.2, 0) is 0 Å². The van der Waals surface area contributed by atoms with Crippen LogP contribution in [0.1, 0.15) is 47.5 Å². The van der Waals surface area contributed by atoms with Gasteiger partial charge in [-0.05, 0) is 26.3 Å². The summed E-state index contributed by atoms with van der Waals surface area (Å²) in [5, 5.41) is 12.8. The quantitative estimate of drug-likeness (QED) is 0.709. The number of thioether (sulfide) groups is 1. The summed E-state index contributed by atoms with van der Waals surface area (Å²) in [5.74, 6) is 1.13. The summed E-state index contributed by atoms with van der Waals surface area (Å²) in [7, 11) is 0. The van der Waals surface area contributed by atoms with Crippen LogP contribution in [0.5, 0.6) is 0 Å². The molecule has 0 aliphatic rings. The molecule has 92 valence electrons. The molecule has 0 heterocycles. The van der Waals surface area contributed by atoms with Crippen LogP contribution < -0.4 is 5.32 Å². The minimum absolute atomic E-state index is 0.139. The Morgan fingerprint density at radius 1 is 1.33 bits per heavy atom. The van der Waals surface area contributed by atoms with Gasteiger partial charge in [0.2, 0.25) is 0 Å². The van der Waals surface area contributed by atoms with Gasteiger partial charge in [0.25, 0.3) is 0 Å². The van der Waals surface area contributed by atoms with Gasteiger partial charge in [-0.3, -0.25) is 0 Å². The van der Waals surface area contributed by atoms with E-state index in [4.69, 9.17) is 0 Å². The molecule has 0 saturated carbocycles. The Labute approximate surface area is 99.2 Å². The van der Waals surface area contributed by atoms with Crippen molar-refractivity contribution in [2.75, 3.05) is 12.3 Å². The summed E-state index contributed by atoms with van der Waals surface area (Å²) < 4.78 is 0.346. The van der Waals surface area contributed by atoms with Crippen LogP contribution >= 0.6 is 11.8 Å². The average Bonchev–Trinajstić information content (AvgIpc) is 2.13. The van der Waals surface area contributed by atoms with E-state index in [2.05, 4.69) is 33.0 Å². The summed E-state index contributed by atoms with van der Waals surface area (Å²) in [5.41, 5.74) is 0. The second kappa shape index (κ2) is 7.53. The third kappa shape index (κ3) is 10.6. The summed E-state index contributed by atoms with van der Waals surface area (Å²) in [6, 6.07) is 0.526. The van der Waals surface area contributed by atoms with Crippen LogP contribution in [0.15, 0.2) is 0 Å². The molecule has 0 spiro atoms. The van der Waals surface area contributed by atoms with Crippen LogP contribution in [0.4, 0.5) is 0 Å². The Bertz CT molecular complexity index is 156. The Morgan fingerprint density at radius 3 is 2.40 bits per heavy atom. The van der Waals surface area contributed by atoms with Crippen LogP contribution in [0.2, 0.25) is 0 Å². The van der Waals surface area contributed by atoms with Crippen molar-refractivity contribution in [1.82, 2.24) is 5.32 Å². The highest BCUT2D eigenvalue weighted by Crippen LogP contribution is 2.23. The van der Waals surface area contributed by atoms with Crippen LogP contribution in [-0.4, -0.2) is 34.3 Å². The molecule has 0 amide bonds. The van der Waals surface area contributed by atoms with Crippen molar-refractivity contribution >= 4 is 11.8 Å². The van der Waals surface area contributed by atoms with Gasteiger partial charge in [-0.25, -0.2) is 0 Å². The topological polar surface area (TPSA) is 32.3 Å². The van der Waals surface area contributed by atoms with E-state index in [0.717, 1.165) is 25.1 Å². The monoisotopic (exact) mass is 233 g/mol. The van der Waals surface area contributed by atoms with E-state index in [1.54, 1.807) is 0 Å². The summed E-state index contributed by atoms with van der Waals surface area (Å²) in [6.45, 7) is 11.9. The van der Waals surface area contributed by atoms with Crippen LogP contribution in [0.3, 0.4) is 0 Å². The van der Waals surface area contributed by atoms with Gasteiger partial charge in [-0.2, -0.15) is 11.8 Å². The Balaban J connectivity index is 3.45.